The molecule has 0 spiro atoms. The fourth-order valence-electron chi connectivity index (χ4n) is 2.89. The second-order valence-corrected chi connectivity index (χ2v) is 8.88. The Kier molecular flexibility index (Phi) is 6.39. The molecule has 31 heavy (non-hydrogen) atoms. The van der Waals surface area contributed by atoms with Crippen molar-refractivity contribution in [2.24, 2.45) is 0 Å². The molecular formula is C23H21N3O4S. The second-order valence-electron chi connectivity index (χ2n) is 6.91. The highest BCUT2D eigenvalue weighted by atomic mass is 32.2. The number of nitriles is 1. The average Bonchev–Trinajstić information content (AvgIpc) is 2.79. The first-order valence-electron chi connectivity index (χ1n) is 9.41. The Morgan fingerprint density at radius 3 is 2.29 bits per heavy atom. The first kappa shape index (κ1) is 22.0. The molecule has 8 heteroatoms. The number of rotatable bonds is 6. The van der Waals surface area contributed by atoms with Crippen LogP contribution in [0.4, 0.5) is 11.4 Å². The first-order chi connectivity index (χ1) is 14.7. The third-order valence-corrected chi connectivity index (χ3v) is 6.55. The van der Waals surface area contributed by atoms with Crippen LogP contribution in [0.15, 0.2) is 77.7 Å². The van der Waals surface area contributed by atoms with Crippen LogP contribution in [-0.4, -0.2) is 26.5 Å². The molecule has 0 aliphatic carbocycles. The Bertz CT molecular complexity index is 1230. The van der Waals surface area contributed by atoms with Gasteiger partial charge in [0.1, 0.15) is 0 Å². The lowest BCUT2D eigenvalue weighted by molar-refractivity contribution is 0.102. The van der Waals surface area contributed by atoms with E-state index in [0.717, 1.165) is 4.31 Å². The molecule has 0 aliphatic rings. The summed E-state index contributed by atoms with van der Waals surface area (Å²) in [6, 6.07) is 20.7. The topological polar surface area (TPSA) is 110 Å². The van der Waals surface area contributed by atoms with Gasteiger partial charge in [-0.25, -0.2) is 8.42 Å². The minimum Gasteiger partial charge on any atom is -0.389 e. The summed E-state index contributed by atoms with van der Waals surface area (Å²) in [7, 11) is -2.48. The summed E-state index contributed by atoms with van der Waals surface area (Å²) in [5.41, 5.74) is 2.25. The van der Waals surface area contributed by atoms with Gasteiger partial charge in [0.25, 0.3) is 15.9 Å². The Labute approximate surface area is 181 Å². The minimum absolute atomic E-state index is 0.0259. The van der Waals surface area contributed by atoms with Crippen LogP contribution in [-0.2, 0) is 10.0 Å². The zero-order valence-electron chi connectivity index (χ0n) is 17.0. The number of carbonyl (C=O) groups excluding carboxylic acids is 1. The monoisotopic (exact) mass is 435 g/mol. The molecule has 3 aromatic rings. The van der Waals surface area contributed by atoms with Gasteiger partial charge in [-0.15, -0.1) is 0 Å². The minimum atomic E-state index is -3.91. The first-order valence-corrected chi connectivity index (χ1v) is 10.8. The third kappa shape index (κ3) is 4.91. The number of nitrogens with one attached hydrogen (secondary N) is 1. The largest absolute Gasteiger partial charge is 0.389 e. The van der Waals surface area contributed by atoms with Crippen molar-refractivity contribution < 1.29 is 18.3 Å². The average molecular weight is 436 g/mol. The van der Waals surface area contributed by atoms with Gasteiger partial charge in [0.2, 0.25) is 0 Å². The van der Waals surface area contributed by atoms with Gasteiger partial charge in [0, 0.05) is 18.3 Å². The van der Waals surface area contributed by atoms with Crippen LogP contribution >= 0.6 is 0 Å². The maximum absolute atomic E-state index is 13.1. The number of hydrogen-bond acceptors (Lipinski definition) is 5. The SMILES string of the molecule is CC(O)c1ccc(N(C)S(=O)(=O)c2cccc(C(=O)Nc3ccc(C#N)cc3)c2)cc1. The summed E-state index contributed by atoms with van der Waals surface area (Å²) >= 11 is 0. The van der Waals surface area contributed by atoms with Crippen molar-refractivity contribution in [2.45, 2.75) is 17.9 Å². The van der Waals surface area contributed by atoms with E-state index in [0.29, 0.717) is 22.5 Å². The molecule has 0 saturated carbocycles. The summed E-state index contributed by atoms with van der Waals surface area (Å²) in [6.45, 7) is 1.63. The van der Waals surface area contributed by atoms with Crippen LogP contribution in [0.25, 0.3) is 0 Å². The molecule has 1 atom stereocenters. The summed E-state index contributed by atoms with van der Waals surface area (Å²) < 4.78 is 27.3. The lowest BCUT2D eigenvalue weighted by atomic mass is 10.1. The number of carbonyl (C=O) groups is 1. The Morgan fingerprint density at radius 2 is 1.71 bits per heavy atom. The van der Waals surface area contributed by atoms with Gasteiger partial charge < -0.3 is 10.4 Å². The number of nitrogens with zero attached hydrogens (tertiary/aromatic N) is 2. The van der Waals surface area contributed by atoms with E-state index in [2.05, 4.69) is 5.32 Å². The molecule has 0 aliphatic heterocycles. The van der Waals surface area contributed by atoms with Gasteiger partial charge in [0.15, 0.2) is 0 Å². The summed E-state index contributed by atoms with van der Waals surface area (Å²) in [4.78, 5) is 12.6. The Morgan fingerprint density at radius 1 is 1.06 bits per heavy atom. The van der Waals surface area contributed by atoms with E-state index in [1.54, 1.807) is 55.5 Å². The molecule has 0 radical (unpaired) electrons. The van der Waals surface area contributed by atoms with Crippen LogP contribution in [0.1, 0.15) is 34.5 Å². The number of aliphatic hydroxyl groups is 1. The number of amides is 1. The third-order valence-electron chi connectivity index (χ3n) is 4.77. The van der Waals surface area contributed by atoms with E-state index in [9.17, 15) is 18.3 Å². The van der Waals surface area contributed by atoms with E-state index < -0.39 is 22.0 Å². The van der Waals surface area contributed by atoms with E-state index in [-0.39, 0.29) is 10.5 Å². The molecular weight excluding hydrogens is 414 g/mol. The van der Waals surface area contributed by atoms with Gasteiger partial charge in [0.05, 0.1) is 28.3 Å². The quantitative estimate of drug-likeness (QED) is 0.614. The van der Waals surface area contributed by atoms with E-state index in [1.165, 1.54) is 31.3 Å². The standard InChI is InChI=1S/C23H21N3O4S/c1-16(27)18-8-12-21(13-9-18)26(2)31(29,30)22-5-3-4-19(14-22)23(28)25-20-10-6-17(15-24)7-11-20/h3-14,16,27H,1-2H3,(H,25,28). The highest BCUT2D eigenvalue weighted by Gasteiger charge is 2.22. The maximum atomic E-state index is 13.1. The number of anilines is 2. The van der Waals surface area contributed by atoms with Crippen molar-refractivity contribution in [3.05, 3.63) is 89.5 Å². The van der Waals surface area contributed by atoms with Crippen molar-refractivity contribution in [1.82, 2.24) is 0 Å². The normalized spacial score (nSPS) is 11.9. The van der Waals surface area contributed by atoms with Gasteiger partial charge in [-0.05, 0) is 67.1 Å². The van der Waals surface area contributed by atoms with Gasteiger partial charge >= 0.3 is 0 Å². The Hall–Kier alpha value is -3.67. The molecule has 1 amide bonds. The Balaban J connectivity index is 1.83. The highest BCUT2D eigenvalue weighted by molar-refractivity contribution is 7.92. The molecule has 7 nitrogen and oxygen atoms in total. The number of hydrogen-bond donors (Lipinski definition) is 2. The fraction of sp³-hybridized carbons (Fsp3) is 0.130. The van der Waals surface area contributed by atoms with Crippen LogP contribution in [0.5, 0.6) is 0 Å². The molecule has 0 saturated heterocycles. The zero-order chi connectivity index (χ0) is 22.6. The number of sulfonamides is 1. The van der Waals surface area contributed by atoms with Crippen molar-refractivity contribution in [1.29, 1.82) is 5.26 Å². The number of benzene rings is 3. The second kappa shape index (κ2) is 9.00. The van der Waals surface area contributed by atoms with Crippen LogP contribution in [0.2, 0.25) is 0 Å². The molecule has 3 rings (SSSR count). The van der Waals surface area contributed by atoms with Crippen molar-refractivity contribution in [3.8, 4) is 6.07 Å². The van der Waals surface area contributed by atoms with Crippen LogP contribution in [0.3, 0.4) is 0 Å². The van der Waals surface area contributed by atoms with E-state index in [4.69, 9.17) is 5.26 Å². The predicted molar refractivity (Wildman–Crippen MR) is 118 cm³/mol. The summed E-state index contributed by atoms with van der Waals surface area (Å²) in [6.07, 6.45) is -0.651. The fourth-order valence-corrected chi connectivity index (χ4v) is 4.13. The molecule has 3 aromatic carbocycles. The summed E-state index contributed by atoms with van der Waals surface area (Å²) in [5, 5.41) is 21.2. The van der Waals surface area contributed by atoms with Crippen LogP contribution < -0.4 is 9.62 Å². The molecule has 2 N–H and O–H groups in total. The van der Waals surface area contributed by atoms with E-state index in [1.807, 2.05) is 6.07 Å². The molecule has 0 heterocycles. The van der Waals surface area contributed by atoms with Gasteiger partial charge in [-0.1, -0.05) is 18.2 Å². The summed E-state index contributed by atoms with van der Waals surface area (Å²) in [5.74, 6) is -0.467. The molecule has 0 fully saturated rings. The van der Waals surface area contributed by atoms with Gasteiger partial charge in [-0.2, -0.15) is 5.26 Å². The highest BCUT2D eigenvalue weighted by Crippen LogP contribution is 2.25. The molecule has 1 unspecified atom stereocenters. The molecule has 158 valence electrons. The zero-order valence-corrected chi connectivity index (χ0v) is 17.8. The predicted octanol–water partition coefficient (Wildman–Crippen LogP) is 3.69. The maximum Gasteiger partial charge on any atom is 0.264 e. The lowest BCUT2D eigenvalue weighted by Crippen LogP contribution is -2.27. The van der Waals surface area contributed by atoms with Crippen molar-refractivity contribution in [3.63, 3.8) is 0 Å². The molecule has 0 bridgehead atoms. The molecule has 0 aromatic heterocycles. The van der Waals surface area contributed by atoms with E-state index >= 15 is 0 Å². The van der Waals surface area contributed by atoms with Crippen molar-refractivity contribution in [2.75, 3.05) is 16.7 Å². The smallest absolute Gasteiger partial charge is 0.264 e. The number of aliphatic hydroxyl groups excluding tert-OH is 1. The van der Waals surface area contributed by atoms with Crippen LogP contribution in [0, 0.1) is 11.3 Å². The van der Waals surface area contributed by atoms with Gasteiger partial charge in [-0.3, -0.25) is 9.10 Å². The lowest BCUT2D eigenvalue weighted by Gasteiger charge is -2.20. The van der Waals surface area contributed by atoms with Crippen molar-refractivity contribution >= 4 is 27.3 Å².